The number of esters is 1. The molecule has 0 aliphatic carbocycles. The van der Waals surface area contributed by atoms with Crippen molar-refractivity contribution in [2.75, 3.05) is 19.0 Å². The highest BCUT2D eigenvalue weighted by molar-refractivity contribution is 6.33. The van der Waals surface area contributed by atoms with Crippen LogP contribution >= 0.6 is 11.6 Å². The molecule has 0 saturated heterocycles. The number of ether oxygens (including phenoxy) is 2. The van der Waals surface area contributed by atoms with Crippen LogP contribution in [0.2, 0.25) is 5.02 Å². The first-order chi connectivity index (χ1) is 12.6. The standard InChI is InChI=1S/C20H16ClNO4/c1-25-20(24)16-11-14(9-10-17(16)21)22-19(23)12-26-18-8-4-6-13-5-2-3-7-15(13)18/h2-11H,12H2,1H3,(H,22,23). The lowest BCUT2D eigenvalue weighted by Crippen LogP contribution is -2.20. The van der Waals surface area contributed by atoms with Gasteiger partial charge in [-0.2, -0.15) is 0 Å². The van der Waals surface area contributed by atoms with Gasteiger partial charge in [0.05, 0.1) is 17.7 Å². The smallest absolute Gasteiger partial charge is 0.339 e. The summed E-state index contributed by atoms with van der Waals surface area (Å²) in [5.74, 6) is -0.293. The maximum Gasteiger partial charge on any atom is 0.339 e. The molecular formula is C20H16ClNO4. The van der Waals surface area contributed by atoms with Crippen molar-refractivity contribution in [1.29, 1.82) is 0 Å². The first kappa shape index (κ1) is 17.8. The number of benzene rings is 3. The summed E-state index contributed by atoms with van der Waals surface area (Å²) in [5.41, 5.74) is 0.614. The average molecular weight is 370 g/mol. The molecule has 0 radical (unpaired) electrons. The Morgan fingerprint density at radius 3 is 2.62 bits per heavy atom. The molecule has 0 aliphatic rings. The van der Waals surface area contributed by atoms with E-state index in [2.05, 4.69) is 10.1 Å². The van der Waals surface area contributed by atoms with E-state index < -0.39 is 5.97 Å². The number of fused-ring (bicyclic) bond motifs is 1. The van der Waals surface area contributed by atoms with Crippen molar-refractivity contribution < 1.29 is 19.1 Å². The number of carbonyl (C=O) groups is 2. The van der Waals surface area contributed by atoms with E-state index in [0.717, 1.165) is 10.8 Å². The first-order valence-electron chi connectivity index (χ1n) is 7.87. The minimum Gasteiger partial charge on any atom is -0.483 e. The number of anilines is 1. The van der Waals surface area contributed by atoms with Gasteiger partial charge in [-0.1, -0.05) is 48.0 Å². The maximum absolute atomic E-state index is 12.2. The molecule has 0 heterocycles. The van der Waals surface area contributed by atoms with Crippen LogP contribution in [0.3, 0.4) is 0 Å². The number of methoxy groups -OCH3 is 1. The molecule has 0 atom stereocenters. The summed E-state index contributed by atoms with van der Waals surface area (Å²) >= 11 is 5.96. The van der Waals surface area contributed by atoms with Gasteiger partial charge in [0, 0.05) is 11.1 Å². The second-order valence-electron chi connectivity index (χ2n) is 5.50. The van der Waals surface area contributed by atoms with Crippen molar-refractivity contribution in [3.63, 3.8) is 0 Å². The summed E-state index contributed by atoms with van der Waals surface area (Å²) in [6.07, 6.45) is 0. The summed E-state index contributed by atoms with van der Waals surface area (Å²) in [6.45, 7) is -0.163. The third kappa shape index (κ3) is 3.95. The van der Waals surface area contributed by atoms with Gasteiger partial charge in [0.15, 0.2) is 6.61 Å². The molecule has 0 saturated carbocycles. The molecule has 5 nitrogen and oxygen atoms in total. The molecule has 1 N–H and O–H groups in total. The fourth-order valence-electron chi connectivity index (χ4n) is 2.53. The Bertz CT molecular complexity index is 966. The van der Waals surface area contributed by atoms with Crippen LogP contribution in [0.5, 0.6) is 5.75 Å². The Kier molecular flexibility index (Phi) is 5.39. The highest BCUT2D eigenvalue weighted by Crippen LogP contribution is 2.25. The van der Waals surface area contributed by atoms with Crippen LogP contribution in [-0.4, -0.2) is 25.6 Å². The van der Waals surface area contributed by atoms with Gasteiger partial charge in [-0.05, 0) is 29.7 Å². The summed E-state index contributed by atoms with van der Waals surface area (Å²) < 4.78 is 10.3. The largest absolute Gasteiger partial charge is 0.483 e. The Hall–Kier alpha value is -3.05. The molecule has 0 fully saturated rings. The summed E-state index contributed by atoms with van der Waals surface area (Å²) in [6, 6.07) is 18.0. The van der Waals surface area contributed by atoms with Gasteiger partial charge >= 0.3 is 5.97 Å². The number of hydrogen-bond donors (Lipinski definition) is 1. The minimum atomic E-state index is -0.571. The molecule has 26 heavy (non-hydrogen) atoms. The van der Waals surface area contributed by atoms with Gasteiger partial charge < -0.3 is 14.8 Å². The highest BCUT2D eigenvalue weighted by atomic mass is 35.5. The molecule has 6 heteroatoms. The quantitative estimate of drug-likeness (QED) is 0.681. The van der Waals surface area contributed by atoms with E-state index in [1.54, 1.807) is 6.07 Å². The fourth-order valence-corrected chi connectivity index (χ4v) is 2.73. The zero-order chi connectivity index (χ0) is 18.5. The van der Waals surface area contributed by atoms with Gasteiger partial charge in [-0.3, -0.25) is 4.79 Å². The molecule has 1 amide bonds. The lowest BCUT2D eigenvalue weighted by molar-refractivity contribution is -0.118. The van der Waals surface area contributed by atoms with Crippen molar-refractivity contribution >= 4 is 39.9 Å². The number of rotatable bonds is 5. The lowest BCUT2D eigenvalue weighted by Gasteiger charge is -2.11. The van der Waals surface area contributed by atoms with Crippen LogP contribution < -0.4 is 10.1 Å². The van der Waals surface area contributed by atoms with E-state index in [1.165, 1.54) is 19.2 Å². The number of carbonyl (C=O) groups excluding carboxylic acids is 2. The second kappa shape index (κ2) is 7.89. The van der Waals surface area contributed by atoms with Crippen LogP contribution in [0.1, 0.15) is 10.4 Å². The molecule has 3 rings (SSSR count). The van der Waals surface area contributed by atoms with Gasteiger partial charge in [0.1, 0.15) is 5.75 Å². The summed E-state index contributed by atoms with van der Waals surface area (Å²) in [4.78, 5) is 23.8. The summed E-state index contributed by atoms with van der Waals surface area (Å²) in [7, 11) is 1.27. The zero-order valence-corrected chi connectivity index (χ0v) is 14.7. The van der Waals surface area contributed by atoms with Crippen LogP contribution in [0, 0.1) is 0 Å². The van der Waals surface area contributed by atoms with Crippen molar-refractivity contribution in [3.8, 4) is 5.75 Å². The Balaban J connectivity index is 1.69. The molecule has 3 aromatic rings. The minimum absolute atomic E-state index is 0.163. The number of halogens is 1. The maximum atomic E-state index is 12.2. The van der Waals surface area contributed by atoms with Gasteiger partial charge in [-0.15, -0.1) is 0 Å². The van der Waals surface area contributed by atoms with Crippen molar-refractivity contribution in [1.82, 2.24) is 0 Å². The van der Waals surface area contributed by atoms with Gasteiger partial charge in [0.25, 0.3) is 5.91 Å². The van der Waals surface area contributed by atoms with E-state index in [4.69, 9.17) is 16.3 Å². The number of nitrogens with one attached hydrogen (secondary N) is 1. The topological polar surface area (TPSA) is 64.6 Å². The fraction of sp³-hybridized carbons (Fsp3) is 0.100. The molecule has 0 aromatic heterocycles. The molecule has 132 valence electrons. The van der Waals surface area contributed by atoms with E-state index in [1.807, 2.05) is 42.5 Å². The van der Waals surface area contributed by atoms with E-state index in [9.17, 15) is 9.59 Å². The Morgan fingerprint density at radius 2 is 1.81 bits per heavy atom. The number of hydrogen-bond acceptors (Lipinski definition) is 4. The number of amides is 1. The van der Waals surface area contributed by atoms with Crippen LogP contribution in [0.4, 0.5) is 5.69 Å². The van der Waals surface area contributed by atoms with Crippen molar-refractivity contribution in [2.45, 2.75) is 0 Å². The SMILES string of the molecule is COC(=O)c1cc(NC(=O)COc2cccc3ccccc23)ccc1Cl. The van der Waals surface area contributed by atoms with Crippen LogP contribution in [-0.2, 0) is 9.53 Å². The van der Waals surface area contributed by atoms with E-state index in [0.29, 0.717) is 11.4 Å². The third-order valence-electron chi connectivity index (χ3n) is 3.76. The molecule has 0 unspecified atom stereocenters. The van der Waals surface area contributed by atoms with Crippen LogP contribution in [0.25, 0.3) is 10.8 Å². The van der Waals surface area contributed by atoms with E-state index in [-0.39, 0.29) is 23.1 Å². The predicted octanol–water partition coefficient (Wildman–Crippen LogP) is 4.30. The molecule has 0 aliphatic heterocycles. The summed E-state index contributed by atoms with van der Waals surface area (Å²) in [5, 5.41) is 4.89. The monoisotopic (exact) mass is 369 g/mol. The van der Waals surface area contributed by atoms with Crippen molar-refractivity contribution in [3.05, 3.63) is 71.2 Å². The molecule has 0 bridgehead atoms. The van der Waals surface area contributed by atoms with Gasteiger partial charge in [0.2, 0.25) is 0 Å². The molecular weight excluding hydrogens is 354 g/mol. The van der Waals surface area contributed by atoms with Crippen molar-refractivity contribution in [2.24, 2.45) is 0 Å². The third-order valence-corrected chi connectivity index (χ3v) is 4.09. The molecule has 0 spiro atoms. The zero-order valence-electron chi connectivity index (χ0n) is 14.0. The first-order valence-corrected chi connectivity index (χ1v) is 8.24. The average Bonchev–Trinajstić information content (AvgIpc) is 2.67. The Morgan fingerprint density at radius 1 is 1.04 bits per heavy atom. The normalized spacial score (nSPS) is 10.4. The lowest BCUT2D eigenvalue weighted by atomic mass is 10.1. The predicted molar refractivity (Wildman–Crippen MR) is 101 cm³/mol. The second-order valence-corrected chi connectivity index (χ2v) is 5.91. The highest BCUT2D eigenvalue weighted by Gasteiger charge is 2.13. The van der Waals surface area contributed by atoms with Crippen LogP contribution in [0.15, 0.2) is 60.7 Å². The Labute approximate surface area is 155 Å². The van der Waals surface area contributed by atoms with E-state index >= 15 is 0 Å². The molecule has 3 aromatic carbocycles. The van der Waals surface area contributed by atoms with Gasteiger partial charge in [-0.25, -0.2) is 4.79 Å².